The topological polar surface area (TPSA) is 36.3 Å². The molecule has 0 saturated heterocycles. The maximum atomic E-state index is 5.84. The van der Waals surface area contributed by atoms with E-state index in [0.29, 0.717) is 12.6 Å². The number of para-hydroxylation sites is 3. The highest BCUT2D eigenvalue weighted by Gasteiger charge is 2.26. The van der Waals surface area contributed by atoms with Gasteiger partial charge in [-0.2, -0.15) is 4.98 Å². The highest BCUT2D eigenvalue weighted by molar-refractivity contribution is 9.08. The summed E-state index contributed by atoms with van der Waals surface area (Å²) in [4.78, 5) is 4.48. The zero-order chi connectivity index (χ0) is 15.4. The third kappa shape index (κ3) is 2.95. The van der Waals surface area contributed by atoms with Gasteiger partial charge in [0.05, 0.1) is 17.6 Å². The van der Waals surface area contributed by atoms with E-state index in [9.17, 15) is 0 Å². The number of rotatable bonds is 3. The zero-order valence-corrected chi connectivity index (χ0v) is 13.9. The third-order valence-corrected chi connectivity index (χ3v) is 3.46. The lowest BCUT2D eigenvalue weighted by Gasteiger charge is -2.11. The molecule has 1 aliphatic heterocycles. The molecule has 114 valence electrons. The van der Waals surface area contributed by atoms with Gasteiger partial charge in [0.1, 0.15) is 12.4 Å². The molecule has 0 spiro atoms. The molecule has 0 radical (unpaired) electrons. The number of imidazole rings is 1. The van der Waals surface area contributed by atoms with Crippen molar-refractivity contribution in [3.05, 3.63) is 54.6 Å². The van der Waals surface area contributed by atoms with Crippen LogP contribution in [-0.2, 0) is 6.54 Å². The van der Waals surface area contributed by atoms with Crippen molar-refractivity contribution >= 4 is 27.0 Å². The fourth-order valence-corrected chi connectivity index (χ4v) is 2.50. The van der Waals surface area contributed by atoms with Crippen LogP contribution in [-0.4, -0.2) is 28.1 Å². The molecule has 22 heavy (non-hydrogen) atoms. The van der Waals surface area contributed by atoms with E-state index in [1.807, 2.05) is 54.4 Å². The first-order valence-electron chi connectivity index (χ1n) is 7.08. The van der Waals surface area contributed by atoms with E-state index < -0.39 is 0 Å². The second-order valence-electron chi connectivity index (χ2n) is 4.86. The van der Waals surface area contributed by atoms with Gasteiger partial charge in [-0.1, -0.05) is 46.3 Å². The van der Waals surface area contributed by atoms with Crippen LogP contribution in [0.2, 0.25) is 0 Å². The molecule has 5 heteroatoms. The van der Waals surface area contributed by atoms with Crippen LogP contribution in [0.3, 0.4) is 0 Å². The summed E-state index contributed by atoms with van der Waals surface area (Å²) in [5.74, 6) is 2.68. The van der Waals surface area contributed by atoms with Gasteiger partial charge >= 0.3 is 0 Å². The van der Waals surface area contributed by atoms with Crippen LogP contribution in [0.1, 0.15) is 0 Å². The van der Waals surface area contributed by atoms with Crippen LogP contribution < -0.4 is 9.47 Å². The maximum Gasteiger partial charge on any atom is 0.297 e. The molecule has 0 aliphatic carbocycles. The number of ether oxygens (including phenoxy) is 2. The zero-order valence-electron chi connectivity index (χ0n) is 12.3. The second kappa shape index (κ2) is 6.83. The molecule has 0 fully saturated rings. The van der Waals surface area contributed by atoms with E-state index in [1.165, 1.54) is 0 Å². The molecule has 4 rings (SSSR count). The van der Waals surface area contributed by atoms with Gasteiger partial charge < -0.3 is 9.47 Å². The number of fused-ring (bicyclic) bond motifs is 3. The number of halogens is 1. The maximum absolute atomic E-state index is 5.84. The van der Waals surface area contributed by atoms with Crippen molar-refractivity contribution in [3.63, 3.8) is 0 Å². The fraction of sp³-hybridized carbons (Fsp3) is 0.235. The Labute approximate surface area is 137 Å². The summed E-state index contributed by atoms with van der Waals surface area (Å²) in [7, 11) is 0. The Morgan fingerprint density at radius 1 is 1.14 bits per heavy atom. The Balaban J connectivity index is 0.000000693. The first kappa shape index (κ1) is 14.9. The molecule has 1 aromatic heterocycles. The number of hydrogen-bond acceptors (Lipinski definition) is 3. The van der Waals surface area contributed by atoms with Crippen LogP contribution in [0.5, 0.6) is 11.8 Å². The minimum Gasteiger partial charge on any atom is -0.490 e. The third-order valence-electron chi connectivity index (χ3n) is 3.46. The van der Waals surface area contributed by atoms with E-state index in [-0.39, 0.29) is 6.10 Å². The summed E-state index contributed by atoms with van der Waals surface area (Å²) < 4.78 is 13.7. The summed E-state index contributed by atoms with van der Waals surface area (Å²) in [5, 5.41) is 0. The Morgan fingerprint density at radius 3 is 2.68 bits per heavy atom. The van der Waals surface area contributed by atoms with Crippen molar-refractivity contribution in [1.29, 1.82) is 0 Å². The Hall–Kier alpha value is -2.01. The molecule has 4 nitrogen and oxygen atoms in total. The molecule has 2 aromatic carbocycles. The first-order valence-corrected chi connectivity index (χ1v) is 8.66. The minimum absolute atomic E-state index is 0.0160. The predicted molar refractivity (Wildman–Crippen MR) is 90.9 cm³/mol. The molecule has 1 atom stereocenters. The molecule has 2 heterocycles. The number of alkyl halides is 1. The molecule has 0 amide bonds. The predicted octanol–water partition coefficient (Wildman–Crippen LogP) is 3.89. The van der Waals surface area contributed by atoms with Crippen molar-refractivity contribution in [2.24, 2.45) is 0 Å². The summed E-state index contributed by atoms with van der Waals surface area (Å²) in [5.41, 5.74) is 2.09. The van der Waals surface area contributed by atoms with Gasteiger partial charge in [0.2, 0.25) is 0 Å². The highest BCUT2D eigenvalue weighted by atomic mass is 79.9. The average Bonchev–Trinajstić information content (AvgIpc) is 3.13. The van der Waals surface area contributed by atoms with Gasteiger partial charge in [-0.15, -0.1) is 0 Å². The molecule has 0 saturated carbocycles. The molecular weight excluding hydrogens is 344 g/mol. The summed E-state index contributed by atoms with van der Waals surface area (Å²) in [6.07, 6.45) is 0.0160. The molecule has 0 bridgehead atoms. The quantitative estimate of drug-likeness (QED) is 0.664. The lowest BCUT2D eigenvalue weighted by Crippen LogP contribution is -2.23. The van der Waals surface area contributed by atoms with E-state index in [0.717, 1.165) is 23.3 Å². The number of nitrogens with zero attached hydrogens (tertiary/aromatic N) is 2. The highest BCUT2D eigenvalue weighted by Crippen LogP contribution is 2.27. The van der Waals surface area contributed by atoms with Crippen molar-refractivity contribution in [2.75, 3.05) is 12.4 Å². The van der Waals surface area contributed by atoms with Crippen LogP contribution in [0, 0.1) is 0 Å². The van der Waals surface area contributed by atoms with Gasteiger partial charge in [-0.05, 0) is 30.1 Å². The SMILES string of the molecule is CBr.c1ccc(OC[C@@H]2Cn3c(nc4ccccc43)O2)cc1. The van der Waals surface area contributed by atoms with Gasteiger partial charge in [-0.25, -0.2) is 0 Å². The second-order valence-corrected chi connectivity index (χ2v) is 4.86. The van der Waals surface area contributed by atoms with Crippen LogP contribution in [0.25, 0.3) is 11.0 Å². The van der Waals surface area contributed by atoms with Crippen LogP contribution in [0.4, 0.5) is 0 Å². The summed E-state index contributed by atoms with van der Waals surface area (Å²) >= 11 is 2.94. The Kier molecular flexibility index (Phi) is 4.63. The fourth-order valence-electron chi connectivity index (χ4n) is 2.50. The summed E-state index contributed by atoms with van der Waals surface area (Å²) in [6.45, 7) is 1.31. The van der Waals surface area contributed by atoms with E-state index in [4.69, 9.17) is 9.47 Å². The number of aromatic nitrogens is 2. The van der Waals surface area contributed by atoms with Gasteiger partial charge in [0.25, 0.3) is 6.01 Å². The van der Waals surface area contributed by atoms with E-state index in [2.05, 4.69) is 31.5 Å². The lowest BCUT2D eigenvalue weighted by molar-refractivity contribution is 0.144. The van der Waals surface area contributed by atoms with Crippen LogP contribution in [0.15, 0.2) is 54.6 Å². The van der Waals surface area contributed by atoms with Crippen molar-refractivity contribution in [1.82, 2.24) is 9.55 Å². The smallest absolute Gasteiger partial charge is 0.297 e. The lowest BCUT2D eigenvalue weighted by atomic mass is 10.3. The average molecular weight is 361 g/mol. The molecule has 0 N–H and O–H groups in total. The molecule has 3 aromatic rings. The van der Waals surface area contributed by atoms with E-state index in [1.54, 1.807) is 0 Å². The standard InChI is InChI=1S/C16H14N2O2.CH3Br/c1-2-6-12(7-3-1)19-11-13-10-18-15-9-5-4-8-14(15)17-16(18)20-13;1-2/h1-9,13H,10-11H2;1H3/t13-;/m0./s1. The van der Waals surface area contributed by atoms with Crippen molar-refractivity contribution in [3.8, 4) is 11.8 Å². The van der Waals surface area contributed by atoms with Gasteiger partial charge in [0.15, 0.2) is 6.10 Å². The summed E-state index contributed by atoms with van der Waals surface area (Å²) in [6, 6.07) is 18.5. The number of benzene rings is 2. The molecular formula is C17H17BrN2O2. The number of hydrogen-bond donors (Lipinski definition) is 0. The van der Waals surface area contributed by atoms with Crippen molar-refractivity contribution < 1.29 is 9.47 Å². The van der Waals surface area contributed by atoms with Crippen molar-refractivity contribution in [2.45, 2.75) is 12.6 Å². The minimum atomic E-state index is 0.0160. The largest absolute Gasteiger partial charge is 0.490 e. The van der Waals surface area contributed by atoms with Gasteiger partial charge in [0, 0.05) is 0 Å². The monoisotopic (exact) mass is 360 g/mol. The Morgan fingerprint density at radius 2 is 1.86 bits per heavy atom. The van der Waals surface area contributed by atoms with E-state index >= 15 is 0 Å². The molecule has 0 unspecified atom stereocenters. The first-order chi connectivity index (χ1) is 10.9. The molecule has 1 aliphatic rings. The van der Waals surface area contributed by atoms with Gasteiger partial charge in [-0.3, -0.25) is 4.57 Å². The Bertz CT molecular complexity index is 743. The normalized spacial score (nSPS) is 15.6. The van der Waals surface area contributed by atoms with Crippen LogP contribution >= 0.6 is 15.9 Å².